The summed E-state index contributed by atoms with van der Waals surface area (Å²) in [7, 11) is 0. The molecule has 24 heavy (non-hydrogen) atoms. The maximum absolute atomic E-state index is 4.65. The van der Waals surface area contributed by atoms with Crippen molar-refractivity contribution in [1.82, 2.24) is 19.7 Å². The number of anilines is 2. The lowest BCUT2D eigenvalue weighted by Crippen LogP contribution is -2.04. The van der Waals surface area contributed by atoms with Crippen LogP contribution in [-0.4, -0.2) is 19.7 Å². The summed E-state index contributed by atoms with van der Waals surface area (Å²) in [5.74, 6) is 2.09. The fraction of sp³-hybridized carbons (Fsp3) is 0. The lowest BCUT2D eigenvalue weighted by molar-refractivity contribution is 0.842. The third-order valence-corrected chi connectivity index (χ3v) is 3.53. The highest BCUT2D eigenvalue weighted by molar-refractivity contribution is 5.63. The SMILES string of the molecule is c1ccc(Nc2cc(-n3cccn3)nc(-c3ccccc3)n2)cc1. The summed E-state index contributed by atoms with van der Waals surface area (Å²) in [5.41, 5.74) is 1.93. The maximum atomic E-state index is 4.65. The smallest absolute Gasteiger partial charge is 0.163 e. The van der Waals surface area contributed by atoms with Gasteiger partial charge < -0.3 is 5.32 Å². The van der Waals surface area contributed by atoms with Gasteiger partial charge in [0.2, 0.25) is 0 Å². The summed E-state index contributed by atoms with van der Waals surface area (Å²) < 4.78 is 1.73. The summed E-state index contributed by atoms with van der Waals surface area (Å²) in [4.78, 5) is 9.28. The minimum Gasteiger partial charge on any atom is -0.340 e. The number of para-hydroxylation sites is 1. The standard InChI is InChI=1S/C19H15N5/c1-3-8-15(9-4-1)19-22-17(21-16-10-5-2-6-11-16)14-18(23-19)24-13-7-12-20-24/h1-14H,(H,21,22,23). The molecule has 2 heterocycles. The maximum Gasteiger partial charge on any atom is 0.163 e. The minimum absolute atomic E-state index is 0.655. The number of hydrogen-bond acceptors (Lipinski definition) is 4. The number of hydrogen-bond donors (Lipinski definition) is 1. The molecule has 0 saturated heterocycles. The quantitative estimate of drug-likeness (QED) is 0.617. The molecule has 0 bridgehead atoms. The van der Waals surface area contributed by atoms with Gasteiger partial charge in [0.1, 0.15) is 5.82 Å². The number of nitrogens with one attached hydrogen (secondary N) is 1. The van der Waals surface area contributed by atoms with Crippen molar-refractivity contribution in [3.63, 3.8) is 0 Å². The highest BCUT2D eigenvalue weighted by Crippen LogP contribution is 2.21. The molecule has 0 aliphatic heterocycles. The van der Waals surface area contributed by atoms with Gasteiger partial charge in [0.05, 0.1) is 0 Å². The van der Waals surface area contributed by atoms with Crippen LogP contribution in [0.25, 0.3) is 17.2 Å². The van der Waals surface area contributed by atoms with Gasteiger partial charge in [-0.05, 0) is 18.2 Å². The van der Waals surface area contributed by atoms with Crippen molar-refractivity contribution in [3.05, 3.63) is 85.2 Å². The molecule has 0 atom stereocenters. The molecular formula is C19H15N5. The Bertz CT molecular complexity index is 919. The molecule has 4 aromatic rings. The van der Waals surface area contributed by atoms with Gasteiger partial charge in [-0.15, -0.1) is 0 Å². The van der Waals surface area contributed by atoms with Gasteiger partial charge in [-0.1, -0.05) is 48.5 Å². The average Bonchev–Trinajstić information content (AvgIpc) is 3.18. The van der Waals surface area contributed by atoms with Gasteiger partial charge in [-0.2, -0.15) is 5.10 Å². The Hall–Kier alpha value is -3.47. The molecule has 0 aliphatic rings. The van der Waals surface area contributed by atoms with Crippen molar-refractivity contribution >= 4 is 11.5 Å². The van der Waals surface area contributed by atoms with E-state index >= 15 is 0 Å². The van der Waals surface area contributed by atoms with Crippen LogP contribution in [0.4, 0.5) is 11.5 Å². The van der Waals surface area contributed by atoms with Crippen LogP contribution in [-0.2, 0) is 0 Å². The molecule has 116 valence electrons. The number of aromatic nitrogens is 4. The molecule has 2 aromatic carbocycles. The van der Waals surface area contributed by atoms with E-state index in [1.165, 1.54) is 0 Å². The first-order chi connectivity index (χ1) is 11.9. The van der Waals surface area contributed by atoms with Crippen molar-refractivity contribution in [3.8, 4) is 17.2 Å². The van der Waals surface area contributed by atoms with Crippen molar-refractivity contribution in [1.29, 1.82) is 0 Å². The van der Waals surface area contributed by atoms with Crippen LogP contribution in [0.15, 0.2) is 85.2 Å². The molecule has 5 heteroatoms. The van der Waals surface area contributed by atoms with Gasteiger partial charge in [-0.3, -0.25) is 0 Å². The Morgan fingerprint density at radius 1 is 0.792 bits per heavy atom. The van der Waals surface area contributed by atoms with Gasteiger partial charge in [0.25, 0.3) is 0 Å². The first kappa shape index (κ1) is 14.1. The largest absolute Gasteiger partial charge is 0.340 e. The van der Waals surface area contributed by atoms with Crippen LogP contribution >= 0.6 is 0 Å². The topological polar surface area (TPSA) is 55.6 Å². The summed E-state index contributed by atoms with van der Waals surface area (Å²) in [6.45, 7) is 0. The Morgan fingerprint density at radius 3 is 2.25 bits per heavy atom. The Morgan fingerprint density at radius 2 is 1.54 bits per heavy atom. The predicted octanol–water partition coefficient (Wildman–Crippen LogP) is 4.07. The third kappa shape index (κ3) is 3.01. The molecule has 0 fully saturated rings. The van der Waals surface area contributed by atoms with Gasteiger partial charge in [0, 0.05) is 29.7 Å². The second-order valence-electron chi connectivity index (χ2n) is 5.24. The van der Waals surface area contributed by atoms with E-state index < -0.39 is 0 Å². The van der Waals surface area contributed by atoms with E-state index in [4.69, 9.17) is 0 Å². The molecule has 4 rings (SSSR count). The van der Waals surface area contributed by atoms with Gasteiger partial charge in [-0.25, -0.2) is 14.6 Å². The van der Waals surface area contributed by atoms with Crippen molar-refractivity contribution in [2.45, 2.75) is 0 Å². The van der Waals surface area contributed by atoms with Crippen LogP contribution in [0, 0.1) is 0 Å². The molecule has 0 aliphatic carbocycles. The van der Waals surface area contributed by atoms with E-state index in [0.29, 0.717) is 11.6 Å². The second-order valence-corrected chi connectivity index (χ2v) is 5.24. The van der Waals surface area contributed by atoms with Crippen LogP contribution in [0.5, 0.6) is 0 Å². The molecule has 0 radical (unpaired) electrons. The lowest BCUT2D eigenvalue weighted by atomic mass is 10.2. The normalized spacial score (nSPS) is 10.5. The van der Waals surface area contributed by atoms with E-state index in [0.717, 1.165) is 17.1 Å². The lowest BCUT2D eigenvalue weighted by Gasteiger charge is -2.10. The van der Waals surface area contributed by atoms with Crippen LogP contribution < -0.4 is 5.32 Å². The van der Waals surface area contributed by atoms with Crippen LogP contribution in [0.3, 0.4) is 0 Å². The predicted molar refractivity (Wildman–Crippen MR) is 94.3 cm³/mol. The van der Waals surface area contributed by atoms with E-state index in [2.05, 4.69) is 20.4 Å². The summed E-state index contributed by atoms with van der Waals surface area (Å²) in [5, 5.41) is 7.59. The van der Waals surface area contributed by atoms with Crippen molar-refractivity contribution in [2.75, 3.05) is 5.32 Å². The van der Waals surface area contributed by atoms with Gasteiger partial charge in [0.15, 0.2) is 11.6 Å². The van der Waals surface area contributed by atoms with E-state index in [9.17, 15) is 0 Å². The number of nitrogens with zero attached hydrogens (tertiary/aromatic N) is 4. The summed E-state index contributed by atoms with van der Waals surface area (Å²) >= 11 is 0. The Labute approximate surface area is 139 Å². The monoisotopic (exact) mass is 313 g/mol. The molecule has 5 nitrogen and oxygen atoms in total. The number of benzene rings is 2. The molecule has 2 aromatic heterocycles. The van der Waals surface area contributed by atoms with E-state index in [1.54, 1.807) is 10.9 Å². The zero-order valence-electron chi connectivity index (χ0n) is 12.9. The second kappa shape index (κ2) is 6.34. The molecular weight excluding hydrogens is 298 g/mol. The molecule has 1 N–H and O–H groups in total. The highest BCUT2D eigenvalue weighted by atomic mass is 15.3. The fourth-order valence-electron chi connectivity index (χ4n) is 2.41. The summed E-state index contributed by atoms with van der Waals surface area (Å²) in [6.07, 6.45) is 3.60. The third-order valence-electron chi connectivity index (χ3n) is 3.53. The Balaban J connectivity index is 1.79. The fourth-order valence-corrected chi connectivity index (χ4v) is 2.41. The highest BCUT2D eigenvalue weighted by Gasteiger charge is 2.09. The van der Waals surface area contributed by atoms with E-state index in [1.807, 2.05) is 79.0 Å². The van der Waals surface area contributed by atoms with Crippen molar-refractivity contribution in [2.24, 2.45) is 0 Å². The zero-order valence-corrected chi connectivity index (χ0v) is 12.9. The van der Waals surface area contributed by atoms with Gasteiger partial charge >= 0.3 is 0 Å². The van der Waals surface area contributed by atoms with Crippen molar-refractivity contribution < 1.29 is 0 Å². The molecule has 0 amide bonds. The average molecular weight is 313 g/mol. The molecule has 0 unspecified atom stereocenters. The number of rotatable bonds is 4. The summed E-state index contributed by atoms with van der Waals surface area (Å²) in [6, 6.07) is 23.6. The molecule has 0 spiro atoms. The van der Waals surface area contributed by atoms with Crippen LogP contribution in [0.2, 0.25) is 0 Å². The van der Waals surface area contributed by atoms with Crippen LogP contribution in [0.1, 0.15) is 0 Å². The Kier molecular flexibility index (Phi) is 3.73. The minimum atomic E-state index is 0.655. The van der Waals surface area contributed by atoms with E-state index in [-0.39, 0.29) is 0 Å². The first-order valence-corrected chi connectivity index (χ1v) is 7.65. The molecule has 0 saturated carbocycles. The first-order valence-electron chi connectivity index (χ1n) is 7.65. The zero-order chi connectivity index (χ0) is 16.2.